The van der Waals surface area contributed by atoms with Gasteiger partial charge >= 0.3 is 0 Å². The number of rotatable bonds is 1. The number of nitrogens with one attached hydrogen (secondary N) is 1. The lowest BCUT2D eigenvalue weighted by atomic mass is 10.0. The predicted molar refractivity (Wildman–Crippen MR) is 80.7 cm³/mol. The van der Waals surface area contributed by atoms with Crippen molar-refractivity contribution < 1.29 is 5.11 Å². The molecule has 0 saturated heterocycles. The van der Waals surface area contributed by atoms with Crippen LogP contribution in [0.2, 0.25) is 0 Å². The lowest BCUT2D eigenvalue weighted by Crippen LogP contribution is -1.82. The molecule has 0 aliphatic rings. The SMILES string of the molecule is Oc1cccc(-c2ccnc3[nH]c4ccccc4c23)c1. The monoisotopic (exact) mass is 260 g/mol. The molecule has 20 heavy (non-hydrogen) atoms. The number of H-pyrrole nitrogens is 1. The molecular formula is C17H12N2O. The van der Waals surface area contributed by atoms with Gasteiger partial charge in [0, 0.05) is 22.5 Å². The smallest absolute Gasteiger partial charge is 0.138 e. The van der Waals surface area contributed by atoms with Crippen molar-refractivity contribution >= 4 is 21.9 Å². The highest BCUT2D eigenvalue weighted by molar-refractivity contribution is 6.12. The fourth-order valence-electron chi connectivity index (χ4n) is 2.68. The summed E-state index contributed by atoms with van der Waals surface area (Å²) >= 11 is 0. The molecule has 0 amide bonds. The first-order valence-electron chi connectivity index (χ1n) is 6.48. The van der Waals surface area contributed by atoms with Gasteiger partial charge in [0.25, 0.3) is 0 Å². The average Bonchev–Trinajstić information content (AvgIpc) is 2.85. The maximum absolute atomic E-state index is 9.69. The summed E-state index contributed by atoms with van der Waals surface area (Å²) in [7, 11) is 0. The highest BCUT2D eigenvalue weighted by Gasteiger charge is 2.10. The van der Waals surface area contributed by atoms with Crippen LogP contribution in [0.15, 0.2) is 60.8 Å². The van der Waals surface area contributed by atoms with E-state index in [1.165, 1.54) is 0 Å². The number of nitrogens with zero attached hydrogens (tertiary/aromatic N) is 1. The van der Waals surface area contributed by atoms with E-state index in [-0.39, 0.29) is 5.75 Å². The third kappa shape index (κ3) is 1.57. The molecule has 0 unspecified atom stereocenters. The van der Waals surface area contributed by atoms with Crippen LogP contribution < -0.4 is 0 Å². The molecule has 0 fully saturated rings. The molecule has 0 aliphatic heterocycles. The van der Waals surface area contributed by atoms with Gasteiger partial charge in [0.1, 0.15) is 11.4 Å². The van der Waals surface area contributed by atoms with Gasteiger partial charge in [-0.25, -0.2) is 4.98 Å². The van der Waals surface area contributed by atoms with Crippen molar-refractivity contribution in [3.05, 3.63) is 60.8 Å². The van der Waals surface area contributed by atoms with Gasteiger partial charge in [-0.15, -0.1) is 0 Å². The predicted octanol–water partition coefficient (Wildman–Crippen LogP) is 4.09. The number of phenolic OH excluding ortho intramolecular Hbond substituents is 1. The second-order valence-corrected chi connectivity index (χ2v) is 4.80. The van der Waals surface area contributed by atoms with E-state index in [0.717, 1.165) is 33.1 Å². The molecule has 2 N–H and O–H groups in total. The van der Waals surface area contributed by atoms with Crippen molar-refractivity contribution in [1.82, 2.24) is 9.97 Å². The number of aromatic amines is 1. The molecule has 3 nitrogen and oxygen atoms in total. The van der Waals surface area contributed by atoms with Crippen molar-refractivity contribution in [2.75, 3.05) is 0 Å². The summed E-state index contributed by atoms with van der Waals surface area (Å²) in [5.41, 5.74) is 4.00. The van der Waals surface area contributed by atoms with Gasteiger partial charge in [-0.1, -0.05) is 30.3 Å². The van der Waals surface area contributed by atoms with Gasteiger partial charge in [-0.3, -0.25) is 0 Å². The maximum atomic E-state index is 9.69. The zero-order chi connectivity index (χ0) is 13.5. The largest absolute Gasteiger partial charge is 0.508 e. The Balaban J connectivity index is 2.14. The standard InChI is InChI=1S/C17H12N2O/c20-12-5-3-4-11(10-12)13-8-9-18-17-16(13)14-6-1-2-7-15(14)19-17/h1-10,20H,(H,18,19). The first-order chi connectivity index (χ1) is 9.83. The molecule has 4 rings (SSSR count). The molecule has 2 aromatic heterocycles. The van der Waals surface area contributed by atoms with Crippen LogP contribution in [0.1, 0.15) is 0 Å². The van der Waals surface area contributed by atoms with Gasteiger partial charge in [0.15, 0.2) is 0 Å². The lowest BCUT2D eigenvalue weighted by Gasteiger charge is -2.04. The van der Waals surface area contributed by atoms with E-state index < -0.39 is 0 Å². The summed E-state index contributed by atoms with van der Waals surface area (Å²) in [5.74, 6) is 0.271. The molecular weight excluding hydrogens is 248 g/mol. The van der Waals surface area contributed by atoms with Crippen LogP contribution in [0.3, 0.4) is 0 Å². The van der Waals surface area contributed by atoms with Crippen LogP contribution in [0.5, 0.6) is 5.75 Å². The van der Waals surface area contributed by atoms with Crippen molar-refractivity contribution in [3.63, 3.8) is 0 Å². The molecule has 0 radical (unpaired) electrons. The van der Waals surface area contributed by atoms with E-state index in [4.69, 9.17) is 0 Å². The molecule has 0 spiro atoms. The van der Waals surface area contributed by atoms with Crippen molar-refractivity contribution in [1.29, 1.82) is 0 Å². The zero-order valence-electron chi connectivity index (χ0n) is 10.7. The quantitative estimate of drug-likeness (QED) is 0.541. The van der Waals surface area contributed by atoms with Gasteiger partial charge in [-0.2, -0.15) is 0 Å². The number of aromatic hydroxyl groups is 1. The van der Waals surface area contributed by atoms with E-state index in [0.29, 0.717) is 0 Å². The van der Waals surface area contributed by atoms with Crippen molar-refractivity contribution in [3.8, 4) is 16.9 Å². The Hall–Kier alpha value is -2.81. The van der Waals surface area contributed by atoms with E-state index in [1.807, 2.05) is 36.4 Å². The minimum Gasteiger partial charge on any atom is -0.508 e. The van der Waals surface area contributed by atoms with Gasteiger partial charge in [0.2, 0.25) is 0 Å². The summed E-state index contributed by atoms with van der Waals surface area (Å²) in [6.07, 6.45) is 1.79. The van der Waals surface area contributed by atoms with Crippen LogP contribution >= 0.6 is 0 Å². The normalized spacial score (nSPS) is 11.2. The highest BCUT2D eigenvalue weighted by Crippen LogP contribution is 2.34. The molecule has 2 aromatic carbocycles. The van der Waals surface area contributed by atoms with E-state index >= 15 is 0 Å². The second-order valence-electron chi connectivity index (χ2n) is 4.80. The van der Waals surface area contributed by atoms with E-state index in [9.17, 15) is 5.11 Å². The number of para-hydroxylation sites is 1. The third-order valence-corrected chi connectivity index (χ3v) is 3.56. The minimum atomic E-state index is 0.271. The van der Waals surface area contributed by atoms with E-state index in [2.05, 4.69) is 16.0 Å². The Morgan fingerprint density at radius 3 is 2.75 bits per heavy atom. The topological polar surface area (TPSA) is 48.9 Å². The summed E-state index contributed by atoms with van der Waals surface area (Å²) in [5, 5.41) is 11.9. The first kappa shape index (κ1) is 11.1. The Bertz CT molecular complexity index is 924. The lowest BCUT2D eigenvalue weighted by molar-refractivity contribution is 0.475. The average molecular weight is 260 g/mol. The Morgan fingerprint density at radius 1 is 0.950 bits per heavy atom. The number of benzene rings is 2. The zero-order valence-corrected chi connectivity index (χ0v) is 10.7. The minimum absolute atomic E-state index is 0.271. The van der Waals surface area contributed by atoms with Crippen molar-refractivity contribution in [2.24, 2.45) is 0 Å². The van der Waals surface area contributed by atoms with Crippen molar-refractivity contribution in [2.45, 2.75) is 0 Å². The molecule has 0 atom stereocenters. The van der Waals surface area contributed by atoms with Gasteiger partial charge in [0.05, 0.1) is 0 Å². The maximum Gasteiger partial charge on any atom is 0.138 e. The summed E-state index contributed by atoms with van der Waals surface area (Å²) in [6.45, 7) is 0. The Morgan fingerprint density at radius 2 is 1.85 bits per heavy atom. The number of aromatic nitrogens is 2. The van der Waals surface area contributed by atoms with Crippen LogP contribution in [-0.4, -0.2) is 15.1 Å². The molecule has 2 heterocycles. The molecule has 4 aromatic rings. The fourth-order valence-corrected chi connectivity index (χ4v) is 2.68. The molecule has 0 aliphatic carbocycles. The van der Waals surface area contributed by atoms with E-state index in [1.54, 1.807) is 18.3 Å². The summed E-state index contributed by atoms with van der Waals surface area (Å²) in [4.78, 5) is 7.74. The highest BCUT2D eigenvalue weighted by atomic mass is 16.3. The Labute approximate surface area is 115 Å². The summed E-state index contributed by atoms with van der Waals surface area (Å²) in [6, 6.07) is 17.4. The number of hydrogen-bond donors (Lipinski definition) is 2. The number of phenols is 1. The van der Waals surface area contributed by atoms with Crippen LogP contribution in [-0.2, 0) is 0 Å². The van der Waals surface area contributed by atoms with Gasteiger partial charge in [-0.05, 0) is 35.4 Å². The van der Waals surface area contributed by atoms with Gasteiger partial charge < -0.3 is 10.1 Å². The number of fused-ring (bicyclic) bond motifs is 3. The number of pyridine rings is 1. The van der Waals surface area contributed by atoms with Crippen LogP contribution in [0, 0.1) is 0 Å². The fraction of sp³-hybridized carbons (Fsp3) is 0. The molecule has 3 heteroatoms. The third-order valence-electron chi connectivity index (χ3n) is 3.56. The molecule has 96 valence electrons. The second kappa shape index (κ2) is 4.10. The summed E-state index contributed by atoms with van der Waals surface area (Å²) < 4.78 is 0. The van der Waals surface area contributed by atoms with Crippen LogP contribution in [0.25, 0.3) is 33.1 Å². The molecule has 0 saturated carbocycles. The van der Waals surface area contributed by atoms with Crippen LogP contribution in [0.4, 0.5) is 0 Å². The number of hydrogen-bond acceptors (Lipinski definition) is 2. The first-order valence-corrected chi connectivity index (χ1v) is 6.48. The molecule has 0 bridgehead atoms. The Kier molecular flexibility index (Phi) is 2.27.